The van der Waals surface area contributed by atoms with Crippen molar-refractivity contribution in [1.29, 1.82) is 0 Å². The fourth-order valence-corrected chi connectivity index (χ4v) is 5.25. The first kappa shape index (κ1) is 20.5. The first-order valence-electron chi connectivity index (χ1n) is 10.9. The molecule has 1 aromatic carbocycles. The fourth-order valence-electron chi connectivity index (χ4n) is 3.99. The third-order valence-electron chi connectivity index (χ3n) is 5.58. The van der Waals surface area contributed by atoms with Crippen LogP contribution in [0.15, 0.2) is 48.9 Å². The number of nitrogens with zero attached hydrogens (tertiary/aromatic N) is 4. The zero-order chi connectivity index (χ0) is 21.8. The Morgan fingerprint density at radius 1 is 1.06 bits per heavy atom. The number of aromatic nitrogens is 4. The van der Waals surface area contributed by atoms with E-state index in [1.165, 1.54) is 23.3 Å². The van der Waals surface area contributed by atoms with Crippen LogP contribution in [0.5, 0.6) is 0 Å². The Kier molecular flexibility index (Phi) is 6.02. The smallest absolute Gasteiger partial charge is 0.222 e. The summed E-state index contributed by atoms with van der Waals surface area (Å²) in [5.41, 5.74) is 3.09. The lowest BCUT2D eigenvalue weighted by Gasteiger charge is -2.13. The third-order valence-corrected chi connectivity index (χ3v) is 6.77. The summed E-state index contributed by atoms with van der Waals surface area (Å²) in [5.74, 6) is 1.35. The summed E-state index contributed by atoms with van der Waals surface area (Å²) in [5, 5.41) is 7.49. The average Bonchev–Trinajstić information content (AvgIpc) is 3.22. The zero-order valence-corrected chi connectivity index (χ0v) is 18.5. The van der Waals surface area contributed by atoms with Crippen LogP contribution in [0.2, 0.25) is 0 Å². The summed E-state index contributed by atoms with van der Waals surface area (Å²) < 4.78 is 0. The van der Waals surface area contributed by atoms with Gasteiger partial charge in [-0.2, -0.15) is 0 Å². The summed E-state index contributed by atoms with van der Waals surface area (Å²) in [4.78, 5) is 32.8. The average molecular weight is 445 g/mol. The molecule has 1 aliphatic rings. The number of anilines is 1. The van der Waals surface area contributed by atoms with Gasteiger partial charge in [0, 0.05) is 36.8 Å². The first-order chi connectivity index (χ1) is 15.8. The highest BCUT2D eigenvalue weighted by Crippen LogP contribution is 2.39. The minimum absolute atomic E-state index is 0.00755. The molecule has 0 radical (unpaired) electrons. The molecule has 0 unspecified atom stereocenters. The lowest BCUT2D eigenvalue weighted by atomic mass is 9.97. The van der Waals surface area contributed by atoms with Gasteiger partial charge in [-0.25, -0.2) is 15.0 Å². The monoisotopic (exact) mass is 444 g/mol. The van der Waals surface area contributed by atoms with Crippen molar-refractivity contribution in [3.8, 4) is 11.5 Å². The predicted molar refractivity (Wildman–Crippen MR) is 126 cm³/mol. The van der Waals surface area contributed by atoms with E-state index < -0.39 is 0 Å². The van der Waals surface area contributed by atoms with Crippen LogP contribution in [0.25, 0.3) is 21.7 Å². The predicted octanol–water partition coefficient (Wildman–Crippen LogP) is 4.15. The van der Waals surface area contributed by atoms with Gasteiger partial charge in [0.25, 0.3) is 0 Å². The summed E-state index contributed by atoms with van der Waals surface area (Å²) in [7, 11) is 0. The number of thiophene rings is 1. The van der Waals surface area contributed by atoms with Gasteiger partial charge in [-0.3, -0.25) is 9.78 Å². The van der Waals surface area contributed by atoms with Crippen molar-refractivity contribution in [3.05, 3.63) is 64.9 Å². The maximum absolute atomic E-state index is 12.3. The molecule has 8 heteroatoms. The molecule has 0 bridgehead atoms. The number of aryl methyl sites for hydroxylation is 2. The molecule has 1 amide bonds. The van der Waals surface area contributed by atoms with Crippen LogP contribution in [-0.4, -0.2) is 32.4 Å². The van der Waals surface area contributed by atoms with Crippen molar-refractivity contribution < 1.29 is 4.79 Å². The Hall–Kier alpha value is -3.39. The SMILES string of the molecule is O=C(CCNc1nc(-c2cnccn2)nc2sc3c(c12)CCCC3)NCc1ccccc1. The van der Waals surface area contributed by atoms with Crippen LogP contribution in [0, 0.1) is 0 Å². The summed E-state index contributed by atoms with van der Waals surface area (Å²) >= 11 is 1.75. The van der Waals surface area contributed by atoms with Crippen LogP contribution in [0.4, 0.5) is 5.82 Å². The van der Waals surface area contributed by atoms with Gasteiger partial charge < -0.3 is 10.6 Å². The van der Waals surface area contributed by atoms with Crippen LogP contribution < -0.4 is 10.6 Å². The van der Waals surface area contributed by atoms with E-state index in [0.29, 0.717) is 31.0 Å². The van der Waals surface area contributed by atoms with E-state index in [-0.39, 0.29) is 5.91 Å². The number of carbonyl (C=O) groups excluding carboxylic acids is 1. The molecule has 0 atom stereocenters. The van der Waals surface area contributed by atoms with E-state index in [1.807, 2.05) is 30.3 Å². The Labute approximate surface area is 190 Å². The number of hydrogen-bond acceptors (Lipinski definition) is 7. The molecule has 1 aliphatic carbocycles. The number of carbonyl (C=O) groups is 1. The number of rotatable bonds is 7. The molecule has 7 nitrogen and oxygen atoms in total. The molecular formula is C24H24N6OS. The Bertz CT molecular complexity index is 1230. The van der Waals surface area contributed by atoms with Gasteiger partial charge in [0.05, 0.1) is 11.6 Å². The van der Waals surface area contributed by atoms with E-state index in [4.69, 9.17) is 9.97 Å². The molecule has 32 heavy (non-hydrogen) atoms. The van der Waals surface area contributed by atoms with Gasteiger partial charge in [0.2, 0.25) is 5.91 Å². The van der Waals surface area contributed by atoms with E-state index >= 15 is 0 Å². The summed E-state index contributed by atoms with van der Waals surface area (Å²) in [6.07, 6.45) is 9.88. The molecule has 5 rings (SSSR count). The van der Waals surface area contributed by atoms with Crippen LogP contribution in [-0.2, 0) is 24.2 Å². The molecule has 162 valence electrons. The van der Waals surface area contributed by atoms with Gasteiger partial charge in [0.1, 0.15) is 16.3 Å². The number of hydrogen-bond donors (Lipinski definition) is 2. The Morgan fingerprint density at radius 2 is 1.94 bits per heavy atom. The highest BCUT2D eigenvalue weighted by molar-refractivity contribution is 7.19. The number of nitrogens with one attached hydrogen (secondary N) is 2. The maximum atomic E-state index is 12.3. The topological polar surface area (TPSA) is 92.7 Å². The van der Waals surface area contributed by atoms with E-state index in [9.17, 15) is 4.79 Å². The fraction of sp³-hybridized carbons (Fsp3) is 0.292. The maximum Gasteiger partial charge on any atom is 0.222 e. The van der Waals surface area contributed by atoms with Gasteiger partial charge in [0.15, 0.2) is 5.82 Å². The molecule has 3 heterocycles. The van der Waals surface area contributed by atoms with Crippen LogP contribution >= 0.6 is 11.3 Å². The molecule has 0 spiro atoms. The summed E-state index contributed by atoms with van der Waals surface area (Å²) in [6.45, 7) is 1.03. The second-order valence-electron chi connectivity index (χ2n) is 7.82. The van der Waals surface area contributed by atoms with Crippen molar-refractivity contribution in [2.75, 3.05) is 11.9 Å². The molecule has 0 saturated heterocycles. The normalized spacial score (nSPS) is 13.0. The van der Waals surface area contributed by atoms with E-state index in [2.05, 4.69) is 20.6 Å². The van der Waals surface area contributed by atoms with Gasteiger partial charge in [-0.05, 0) is 36.8 Å². The second-order valence-corrected chi connectivity index (χ2v) is 8.90. The van der Waals surface area contributed by atoms with Crippen LogP contribution in [0.1, 0.15) is 35.3 Å². The summed E-state index contributed by atoms with van der Waals surface area (Å²) in [6, 6.07) is 9.92. The quantitative estimate of drug-likeness (QED) is 0.445. The van der Waals surface area contributed by atoms with Gasteiger partial charge in [-0.15, -0.1) is 11.3 Å². The standard InChI is InChI=1S/C24H24N6OS/c31-20(28-14-16-6-2-1-3-7-16)10-11-27-23-21-17-8-4-5-9-19(17)32-24(21)30-22(29-23)18-15-25-12-13-26-18/h1-3,6-7,12-13,15H,4-5,8-11,14H2,(H,28,31)(H,27,29,30). The van der Waals surface area contributed by atoms with Crippen molar-refractivity contribution >= 4 is 33.3 Å². The van der Waals surface area contributed by atoms with Crippen molar-refractivity contribution in [1.82, 2.24) is 25.3 Å². The highest BCUT2D eigenvalue weighted by Gasteiger charge is 2.22. The second kappa shape index (κ2) is 9.40. The molecule has 0 aliphatic heterocycles. The molecule has 0 saturated carbocycles. The zero-order valence-electron chi connectivity index (χ0n) is 17.7. The minimum atomic E-state index is 0.00755. The molecule has 2 N–H and O–H groups in total. The molecule has 3 aromatic heterocycles. The van der Waals surface area contributed by atoms with E-state index in [1.54, 1.807) is 29.9 Å². The molecule has 0 fully saturated rings. The first-order valence-corrected chi connectivity index (χ1v) is 11.7. The van der Waals surface area contributed by atoms with Crippen molar-refractivity contribution in [3.63, 3.8) is 0 Å². The van der Waals surface area contributed by atoms with Gasteiger partial charge in [-0.1, -0.05) is 30.3 Å². The Morgan fingerprint density at radius 3 is 2.78 bits per heavy atom. The number of benzene rings is 1. The van der Waals surface area contributed by atoms with Gasteiger partial charge >= 0.3 is 0 Å². The number of amides is 1. The Balaban J connectivity index is 1.34. The molecular weight excluding hydrogens is 420 g/mol. The van der Waals surface area contributed by atoms with Crippen LogP contribution in [0.3, 0.4) is 0 Å². The lowest BCUT2D eigenvalue weighted by Crippen LogP contribution is -2.25. The van der Waals surface area contributed by atoms with Crippen molar-refractivity contribution in [2.45, 2.75) is 38.6 Å². The highest BCUT2D eigenvalue weighted by atomic mass is 32.1. The number of fused-ring (bicyclic) bond motifs is 3. The van der Waals surface area contributed by atoms with E-state index in [0.717, 1.165) is 34.4 Å². The minimum Gasteiger partial charge on any atom is -0.369 e. The third kappa shape index (κ3) is 4.45. The lowest BCUT2D eigenvalue weighted by molar-refractivity contribution is -0.121. The van der Waals surface area contributed by atoms with Crippen molar-refractivity contribution in [2.24, 2.45) is 0 Å². The molecule has 4 aromatic rings. The largest absolute Gasteiger partial charge is 0.369 e.